The highest BCUT2D eigenvalue weighted by Gasteiger charge is 2.15. The maximum absolute atomic E-state index is 2.26. The second kappa shape index (κ2) is 6.25. The lowest BCUT2D eigenvalue weighted by Crippen LogP contribution is -2.10. The Hall–Kier alpha value is -3.00. The normalized spacial score (nSPS) is 12.2. The minimum atomic E-state index is 0.194. The number of aromatic nitrogens is 2. The molecule has 0 aliphatic carbocycles. The number of hydrogen-bond donors (Lipinski definition) is 0. The van der Waals surface area contributed by atoms with E-state index in [0.717, 1.165) is 0 Å². The summed E-state index contributed by atoms with van der Waals surface area (Å²) in [6, 6.07) is 26.1. The molecule has 0 spiro atoms. The van der Waals surface area contributed by atoms with Crippen LogP contribution in [0.15, 0.2) is 97.6 Å². The fourth-order valence-electron chi connectivity index (χ4n) is 3.14. The average molecular weight is 312 g/mol. The SMILES string of the molecule is Cc1ccc(C(c2ccc(-n3cccc3)cc2)n2cccc2)cc1. The first kappa shape index (κ1) is 14.6. The topological polar surface area (TPSA) is 9.86 Å². The first-order valence-corrected chi connectivity index (χ1v) is 8.23. The second-order valence-corrected chi connectivity index (χ2v) is 6.13. The monoisotopic (exact) mass is 312 g/mol. The van der Waals surface area contributed by atoms with E-state index in [1.54, 1.807) is 0 Å². The number of rotatable bonds is 4. The molecule has 24 heavy (non-hydrogen) atoms. The Morgan fingerprint density at radius 1 is 0.625 bits per heavy atom. The highest BCUT2D eigenvalue weighted by Crippen LogP contribution is 2.28. The van der Waals surface area contributed by atoms with E-state index in [1.165, 1.54) is 22.4 Å². The first-order valence-electron chi connectivity index (χ1n) is 8.23. The van der Waals surface area contributed by atoms with Gasteiger partial charge in [0.25, 0.3) is 0 Å². The van der Waals surface area contributed by atoms with Gasteiger partial charge in [0.15, 0.2) is 0 Å². The van der Waals surface area contributed by atoms with Gasteiger partial charge in [-0.15, -0.1) is 0 Å². The van der Waals surface area contributed by atoms with E-state index >= 15 is 0 Å². The van der Waals surface area contributed by atoms with Gasteiger partial charge in [0.1, 0.15) is 0 Å². The van der Waals surface area contributed by atoms with Crippen molar-refractivity contribution in [3.05, 3.63) is 114 Å². The summed E-state index contributed by atoms with van der Waals surface area (Å²) in [4.78, 5) is 0. The zero-order valence-corrected chi connectivity index (χ0v) is 13.7. The molecule has 0 radical (unpaired) electrons. The van der Waals surface area contributed by atoms with E-state index < -0.39 is 0 Å². The minimum absolute atomic E-state index is 0.194. The van der Waals surface area contributed by atoms with E-state index in [0.29, 0.717) is 0 Å². The van der Waals surface area contributed by atoms with E-state index in [-0.39, 0.29) is 6.04 Å². The fourth-order valence-corrected chi connectivity index (χ4v) is 3.14. The second-order valence-electron chi connectivity index (χ2n) is 6.13. The molecule has 0 N–H and O–H groups in total. The standard InChI is InChI=1S/C22H20N2/c1-18-6-8-19(9-7-18)22(24-16-4-5-17-24)20-10-12-21(13-11-20)23-14-2-3-15-23/h2-17,22H,1H3. The van der Waals surface area contributed by atoms with Crippen LogP contribution < -0.4 is 0 Å². The van der Waals surface area contributed by atoms with Gasteiger partial charge < -0.3 is 9.13 Å². The number of aryl methyl sites for hydroxylation is 1. The Morgan fingerprint density at radius 3 is 1.71 bits per heavy atom. The van der Waals surface area contributed by atoms with Crippen LogP contribution in [0.3, 0.4) is 0 Å². The van der Waals surface area contributed by atoms with Crippen LogP contribution in [0.4, 0.5) is 0 Å². The molecule has 2 nitrogen and oxygen atoms in total. The Bertz CT molecular complexity index is 884. The molecule has 0 aliphatic heterocycles. The van der Waals surface area contributed by atoms with Gasteiger partial charge in [0, 0.05) is 30.5 Å². The van der Waals surface area contributed by atoms with Gasteiger partial charge in [-0.3, -0.25) is 0 Å². The van der Waals surface area contributed by atoms with E-state index in [1.807, 2.05) is 12.1 Å². The predicted molar refractivity (Wildman–Crippen MR) is 98.6 cm³/mol. The van der Waals surface area contributed by atoms with Crippen molar-refractivity contribution >= 4 is 0 Å². The predicted octanol–water partition coefficient (Wildman–Crippen LogP) is 5.22. The van der Waals surface area contributed by atoms with Crippen molar-refractivity contribution in [1.29, 1.82) is 0 Å². The molecule has 2 aromatic carbocycles. The molecule has 1 unspecified atom stereocenters. The molecule has 0 saturated carbocycles. The van der Waals surface area contributed by atoms with Gasteiger partial charge in [-0.2, -0.15) is 0 Å². The summed E-state index contributed by atoms with van der Waals surface area (Å²) in [6.45, 7) is 2.13. The first-order chi connectivity index (χ1) is 11.8. The van der Waals surface area contributed by atoms with Gasteiger partial charge in [0.2, 0.25) is 0 Å². The number of hydrogen-bond acceptors (Lipinski definition) is 0. The molecule has 0 amide bonds. The van der Waals surface area contributed by atoms with Crippen LogP contribution in [0.5, 0.6) is 0 Å². The third kappa shape index (κ3) is 2.79. The molecule has 2 heteroatoms. The van der Waals surface area contributed by atoms with Gasteiger partial charge in [-0.05, 0) is 54.4 Å². The van der Waals surface area contributed by atoms with Crippen molar-refractivity contribution in [3.63, 3.8) is 0 Å². The molecule has 0 saturated heterocycles. The maximum atomic E-state index is 2.26. The lowest BCUT2D eigenvalue weighted by molar-refractivity contribution is 0.682. The molecule has 4 aromatic rings. The van der Waals surface area contributed by atoms with Crippen LogP contribution in [0.2, 0.25) is 0 Å². The van der Waals surface area contributed by atoms with Gasteiger partial charge in [-0.1, -0.05) is 42.0 Å². The minimum Gasteiger partial charge on any atom is -0.343 e. The van der Waals surface area contributed by atoms with E-state index in [2.05, 4.69) is 102 Å². The molecule has 0 bridgehead atoms. The van der Waals surface area contributed by atoms with Crippen molar-refractivity contribution < 1.29 is 0 Å². The largest absolute Gasteiger partial charge is 0.343 e. The Morgan fingerprint density at radius 2 is 1.12 bits per heavy atom. The lowest BCUT2D eigenvalue weighted by Gasteiger charge is -2.21. The van der Waals surface area contributed by atoms with Crippen LogP contribution in [-0.2, 0) is 0 Å². The van der Waals surface area contributed by atoms with Gasteiger partial charge in [-0.25, -0.2) is 0 Å². The number of nitrogens with zero attached hydrogens (tertiary/aromatic N) is 2. The molecule has 2 aromatic heterocycles. The van der Waals surface area contributed by atoms with Crippen LogP contribution in [-0.4, -0.2) is 9.13 Å². The van der Waals surface area contributed by atoms with Crippen molar-refractivity contribution in [2.75, 3.05) is 0 Å². The summed E-state index contributed by atoms with van der Waals surface area (Å²) in [7, 11) is 0. The van der Waals surface area contributed by atoms with Crippen LogP contribution in [0.1, 0.15) is 22.7 Å². The average Bonchev–Trinajstić information content (AvgIpc) is 3.31. The highest BCUT2D eigenvalue weighted by molar-refractivity contribution is 5.40. The van der Waals surface area contributed by atoms with Crippen LogP contribution in [0.25, 0.3) is 5.69 Å². The summed E-state index contributed by atoms with van der Waals surface area (Å²) < 4.78 is 4.38. The van der Waals surface area contributed by atoms with E-state index in [9.17, 15) is 0 Å². The number of benzene rings is 2. The Labute approximate surface area is 142 Å². The Kier molecular flexibility index (Phi) is 3.80. The van der Waals surface area contributed by atoms with Gasteiger partial charge in [0.05, 0.1) is 6.04 Å². The lowest BCUT2D eigenvalue weighted by atomic mass is 9.97. The van der Waals surface area contributed by atoms with Crippen LogP contribution in [0, 0.1) is 6.92 Å². The van der Waals surface area contributed by atoms with Crippen molar-refractivity contribution in [2.24, 2.45) is 0 Å². The molecule has 0 aliphatic rings. The summed E-state index contributed by atoms with van der Waals surface area (Å²) in [5.74, 6) is 0. The Balaban J connectivity index is 1.75. The maximum Gasteiger partial charge on any atom is 0.0833 e. The van der Waals surface area contributed by atoms with Crippen molar-refractivity contribution in [1.82, 2.24) is 9.13 Å². The smallest absolute Gasteiger partial charge is 0.0833 e. The van der Waals surface area contributed by atoms with Crippen molar-refractivity contribution in [2.45, 2.75) is 13.0 Å². The quantitative estimate of drug-likeness (QED) is 0.488. The molecule has 4 rings (SSSR count). The van der Waals surface area contributed by atoms with E-state index in [4.69, 9.17) is 0 Å². The molecular weight excluding hydrogens is 292 g/mol. The fraction of sp³-hybridized carbons (Fsp3) is 0.0909. The van der Waals surface area contributed by atoms with Gasteiger partial charge >= 0.3 is 0 Å². The third-order valence-electron chi connectivity index (χ3n) is 4.43. The molecular formula is C22H20N2. The van der Waals surface area contributed by atoms with Crippen LogP contribution >= 0.6 is 0 Å². The zero-order valence-electron chi connectivity index (χ0n) is 13.7. The molecule has 0 fully saturated rings. The highest BCUT2D eigenvalue weighted by atomic mass is 15.0. The summed E-state index contributed by atoms with van der Waals surface area (Å²) in [5, 5.41) is 0. The zero-order chi connectivity index (χ0) is 16.4. The summed E-state index contributed by atoms with van der Waals surface area (Å²) in [6.07, 6.45) is 8.39. The summed E-state index contributed by atoms with van der Waals surface area (Å²) in [5.41, 5.74) is 5.04. The van der Waals surface area contributed by atoms with Crippen molar-refractivity contribution in [3.8, 4) is 5.69 Å². The third-order valence-corrected chi connectivity index (χ3v) is 4.43. The summed E-state index contributed by atoms with van der Waals surface area (Å²) >= 11 is 0. The molecule has 2 heterocycles. The molecule has 118 valence electrons. The molecule has 1 atom stereocenters.